The fraction of sp³-hybridized carbons (Fsp3) is 0.438. The number of aromatic nitrogens is 3. The van der Waals surface area contributed by atoms with Gasteiger partial charge in [0.1, 0.15) is 29.4 Å². The number of carboxylic acid groups (broad SMARTS) is 2. The van der Waals surface area contributed by atoms with Crippen LogP contribution in [-0.2, 0) is 30.6 Å². The van der Waals surface area contributed by atoms with Crippen molar-refractivity contribution in [2.75, 3.05) is 31.9 Å². The number of thiazole rings is 1. The molecule has 5 heterocycles. The molecule has 6 rings (SSSR count). The topological polar surface area (TPSA) is 283 Å². The van der Waals surface area contributed by atoms with Crippen LogP contribution in [0, 0.1) is 0 Å². The molecule has 2 fully saturated rings. The molecule has 0 saturated carbocycles. The van der Waals surface area contributed by atoms with Gasteiger partial charge in [0.2, 0.25) is 0 Å². The van der Waals surface area contributed by atoms with Crippen molar-refractivity contribution in [1.29, 1.82) is 0 Å². The second-order valence-electron chi connectivity index (χ2n) is 13.6. The summed E-state index contributed by atoms with van der Waals surface area (Å²) in [5, 5.41) is 48.2. The van der Waals surface area contributed by atoms with Crippen LogP contribution in [0.5, 0.6) is 11.5 Å². The van der Waals surface area contributed by atoms with Gasteiger partial charge in [-0.25, -0.2) is 14.6 Å². The second-order valence-corrected chi connectivity index (χ2v) is 15.9. The Morgan fingerprint density at radius 3 is 2.46 bits per heavy atom. The molecule has 282 valence electrons. The van der Waals surface area contributed by atoms with Gasteiger partial charge in [-0.2, -0.15) is 0 Å². The molecule has 3 aliphatic rings. The van der Waals surface area contributed by atoms with E-state index in [4.69, 9.17) is 10.6 Å². The number of hydrogen-bond acceptors (Lipinski definition) is 15. The number of phenols is 2. The molecular weight excluding hydrogens is 760 g/mol. The number of β-lactam (4-membered cyclic amide) rings is 1. The van der Waals surface area contributed by atoms with Gasteiger partial charge in [0, 0.05) is 35.1 Å². The number of quaternary nitrogens is 1. The molecule has 2 aromatic heterocycles. The first kappa shape index (κ1) is 40.8. The number of amides is 2. The predicted octanol–water partition coefficient (Wildman–Crippen LogP) is -4.17. The van der Waals surface area contributed by atoms with Gasteiger partial charge in [-0.1, -0.05) is 5.16 Å². The summed E-state index contributed by atoms with van der Waals surface area (Å²) in [5.41, 5.74) is 2.28. The van der Waals surface area contributed by atoms with Crippen LogP contribution in [0.3, 0.4) is 0 Å². The molecule has 2 saturated heterocycles. The number of anilines is 1. The van der Waals surface area contributed by atoms with Crippen molar-refractivity contribution in [2.45, 2.75) is 62.4 Å². The zero-order chi connectivity index (χ0) is 38.6. The van der Waals surface area contributed by atoms with E-state index in [-0.39, 0.29) is 76.6 Å². The number of carbonyl (C=O) groups excluding carboxylic acids is 3. The zero-order valence-corrected chi connectivity index (χ0v) is 33.3. The standard InChI is InChI=1S/C32H36N8O11S2.Na/c1-14-16(12-40(7-4-5-8-40)9-6-38-25(44)15-10-19(41)20(42)11-17(15)35-31(38)50)23(28(46)47)39-26(45)22(27(39)53-14)36-24(43)21(18-13-52-30(33)34-18)37-51-32(2,3)29(48)49;/h10-11,13-14,22,27H,4-9,12H2,1-3H3,(H7-,33,34,35,36,37,41,42,43,44,46,47,48,49,50);/q;+1/t14-,22+,27+;/m0./s1. The van der Waals surface area contributed by atoms with Gasteiger partial charge in [-0.05, 0) is 26.8 Å². The van der Waals surface area contributed by atoms with E-state index in [1.54, 1.807) is 6.92 Å². The molecule has 0 spiro atoms. The minimum atomic E-state index is -1.92. The largest absolute Gasteiger partial charge is 1.00 e. The molecule has 0 bridgehead atoms. The van der Waals surface area contributed by atoms with Gasteiger partial charge in [0.15, 0.2) is 27.9 Å². The number of nitrogen functional groups attached to an aromatic ring is 1. The fourth-order valence-corrected chi connectivity index (χ4v) is 8.67. The number of fused-ring (bicyclic) bond motifs is 2. The van der Waals surface area contributed by atoms with Crippen molar-refractivity contribution in [1.82, 2.24) is 24.8 Å². The van der Waals surface area contributed by atoms with Gasteiger partial charge >= 0.3 is 41.2 Å². The maximum atomic E-state index is 13.6. The Hall–Kier alpha value is -4.41. The average Bonchev–Trinajstić information content (AvgIpc) is 3.74. The number of aromatic hydroxyl groups is 2. The number of hydrogen-bond donors (Lipinski definition) is 6. The summed E-state index contributed by atoms with van der Waals surface area (Å²) in [7, 11) is 0. The van der Waals surface area contributed by atoms with E-state index in [0.717, 1.165) is 45.8 Å². The number of benzene rings is 1. The van der Waals surface area contributed by atoms with Crippen LogP contribution in [0.15, 0.2) is 43.5 Å². The number of oxime groups is 1. The molecule has 54 heavy (non-hydrogen) atoms. The summed E-state index contributed by atoms with van der Waals surface area (Å²) < 4.78 is 1.35. The number of H-pyrrole nitrogens is 1. The molecule has 3 aromatic rings. The number of nitrogens with zero attached hydrogens (tertiary/aromatic N) is 5. The van der Waals surface area contributed by atoms with Crippen molar-refractivity contribution < 1.29 is 78.5 Å². The number of rotatable bonds is 12. The maximum absolute atomic E-state index is 13.6. The number of carbonyl (C=O) groups is 4. The van der Waals surface area contributed by atoms with Gasteiger partial charge in [0.05, 0.1) is 43.1 Å². The number of carboxylic acids is 2. The van der Waals surface area contributed by atoms with Crippen LogP contribution < -0.4 is 57.0 Å². The molecule has 3 aliphatic heterocycles. The number of phenolic OH excluding ortho intramolecular Hbond substituents is 2. The zero-order valence-electron chi connectivity index (χ0n) is 29.7. The van der Waals surface area contributed by atoms with Crippen molar-refractivity contribution in [3.05, 3.63) is 55.3 Å². The quantitative estimate of drug-likeness (QED) is 0.0254. The Morgan fingerprint density at radius 1 is 1.19 bits per heavy atom. The third-order valence-electron chi connectivity index (χ3n) is 9.64. The molecule has 1 aromatic carbocycles. The molecule has 7 N–H and O–H groups in total. The number of aromatic amines is 1. The SMILES string of the molecule is C[C@@H]1S[C@@H]2[C@H](NC(=O)/C(=N\OC(C)(C)C(=O)[O-])c3csc(N)n3)C(=O)N2C(C(=O)O)=C1C[N+]1(CCn2c(=O)[nH]c3cc(O)c(O)cc3c2=O)CCCC1.[Na+]. The molecule has 22 heteroatoms. The summed E-state index contributed by atoms with van der Waals surface area (Å²) in [5.74, 6) is -5.57. The van der Waals surface area contributed by atoms with Crippen molar-refractivity contribution in [2.24, 2.45) is 5.16 Å². The smallest absolute Gasteiger partial charge is 0.546 e. The number of nitrogens with two attached hydrogens (primary N) is 1. The summed E-state index contributed by atoms with van der Waals surface area (Å²) in [6.07, 6.45) is 1.62. The Morgan fingerprint density at radius 2 is 1.85 bits per heavy atom. The summed E-state index contributed by atoms with van der Waals surface area (Å²) in [6, 6.07) is 0.992. The molecule has 3 atom stereocenters. The first-order valence-electron chi connectivity index (χ1n) is 16.4. The van der Waals surface area contributed by atoms with Crippen LogP contribution in [0.4, 0.5) is 5.13 Å². The summed E-state index contributed by atoms with van der Waals surface area (Å²) >= 11 is 2.26. The third-order valence-corrected chi connectivity index (χ3v) is 11.8. The number of aliphatic carboxylic acids is 2. The minimum absolute atomic E-state index is 0. The van der Waals surface area contributed by atoms with Gasteiger partial charge in [-0.3, -0.25) is 23.9 Å². The molecule has 2 amide bonds. The minimum Gasteiger partial charge on any atom is -0.546 e. The number of likely N-dealkylation sites (tertiary alicyclic amines) is 1. The van der Waals surface area contributed by atoms with Gasteiger partial charge in [-0.15, -0.1) is 23.1 Å². The van der Waals surface area contributed by atoms with Crippen LogP contribution in [0.25, 0.3) is 10.9 Å². The van der Waals surface area contributed by atoms with E-state index in [0.29, 0.717) is 23.1 Å². The Bertz CT molecular complexity index is 2230. The van der Waals surface area contributed by atoms with Gasteiger partial charge in [0.25, 0.3) is 17.4 Å². The van der Waals surface area contributed by atoms with E-state index in [2.05, 4.69) is 20.4 Å². The average molecular weight is 796 g/mol. The van der Waals surface area contributed by atoms with Crippen LogP contribution in [0.1, 0.15) is 39.3 Å². The van der Waals surface area contributed by atoms with Crippen molar-refractivity contribution in [3.63, 3.8) is 0 Å². The number of thioether (sulfide) groups is 1. The van der Waals surface area contributed by atoms with E-state index in [1.807, 2.05) is 0 Å². The summed E-state index contributed by atoms with van der Waals surface area (Å²) in [4.78, 5) is 90.4. The third kappa shape index (κ3) is 7.60. The molecule has 0 aliphatic carbocycles. The van der Waals surface area contributed by atoms with Gasteiger partial charge < -0.3 is 50.6 Å². The molecule has 19 nitrogen and oxygen atoms in total. The van der Waals surface area contributed by atoms with Crippen molar-refractivity contribution in [3.8, 4) is 11.5 Å². The Labute approximate surface area is 336 Å². The summed E-state index contributed by atoms with van der Waals surface area (Å²) in [6.45, 7) is 5.85. The normalized spacial score (nSPS) is 20.9. The maximum Gasteiger partial charge on any atom is 1.00 e. The number of nitrogens with one attached hydrogen (secondary N) is 2. The molecule has 0 radical (unpaired) electrons. The van der Waals surface area contributed by atoms with E-state index >= 15 is 0 Å². The van der Waals surface area contributed by atoms with E-state index in [1.165, 1.54) is 31.0 Å². The van der Waals surface area contributed by atoms with E-state index < -0.39 is 74.5 Å². The second kappa shape index (κ2) is 15.4. The first-order valence-corrected chi connectivity index (χ1v) is 18.2. The molecule has 0 unspecified atom stereocenters. The van der Waals surface area contributed by atoms with Crippen LogP contribution in [0.2, 0.25) is 0 Å². The monoisotopic (exact) mass is 795 g/mol. The Kier molecular flexibility index (Phi) is 11.6. The predicted molar refractivity (Wildman–Crippen MR) is 189 cm³/mol. The van der Waals surface area contributed by atoms with E-state index in [9.17, 15) is 49.2 Å². The molecular formula is C32H36N8NaO11S2+. The fourth-order valence-electron chi connectivity index (χ4n) is 6.69. The van der Waals surface area contributed by atoms with Crippen molar-refractivity contribution >= 4 is 68.6 Å². The first-order chi connectivity index (χ1) is 24.9. The van der Waals surface area contributed by atoms with Crippen LogP contribution in [-0.4, -0.2) is 117 Å². The Balaban J connectivity index is 0.00000561. The van der Waals surface area contributed by atoms with Crippen LogP contribution >= 0.6 is 23.1 Å².